The van der Waals surface area contributed by atoms with E-state index in [-0.39, 0.29) is 24.4 Å². The molecule has 0 bridgehead atoms. The van der Waals surface area contributed by atoms with E-state index in [9.17, 15) is 22.0 Å². The van der Waals surface area contributed by atoms with Crippen molar-refractivity contribution in [2.45, 2.75) is 38.7 Å². The minimum absolute atomic E-state index is 0.129. The lowest BCUT2D eigenvalue weighted by atomic mass is 9.94. The van der Waals surface area contributed by atoms with Crippen LogP contribution in [0.3, 0.4) is 0 Å². The summed E-state index contributed by atoms with van der Waals surface area (Å²) in [4.78, 5) is 23.9. The third kappa shape index (κ3) is 6.68. The number of halogens is 2. The largest absolute Gasteiger partial charge is 0.299 e. The monoisotopic (exact) mass is 568 g/mol. The van der Waals surface area contributed by atoms with Crippen LogP contribution >= 0.6 is 0 Å². The van der Waals surface area contributed by atoms with Crippen molar-refractivity contribution in [1.82, 2.24) is 25.1 Å². The van der Waals surface area contributed by atoms with E-state index in [4.69, 9.17) is 0 Å². The van der Waals surface area contributed by atoms with Crippen molar-refractivity contribution in [3.63, 3.8) is 0 Å². The summed E-state index contributed by atoms with van der Waals surface area (Å²) in [5.74, 6) is -2.89. The number of pyridine rings is 2. The number of alkyl halides is 2. The first kappa shape index (κ1) is 27.8. The molecule has 40 heavy (non-hydrogen) atoms. The molecule has 12 heteroatoms. The first-order valence-corrected chi connectivity index (χ1v) is 14.8. The van der Waals surface area contributed by atoms with Gasteiger partial charge in [0.25, 0.3) is 5.92 Å². The highest BCUT2D eigenvalue weighted by atomic mass is 32.2. The van der Waals surface area contributed by atoms with E-state index in [1.54, 1.807) is 30.7 Å². The molecule has 1 fully saturated rings. The van der Waals surface area contributed by atoms with Crippen molar-refractivity contribution in [3.05, 3.63) is 71.8 Å². The molecule has 0 radical (unpaired) electrons. The van der Waals surface area contributed by atoms with Gasteiger partial charge in [0.05, 0.1) is 11.8 Å². The second-order valence-electron chi connectivity index (χ2n) is 10.4. The highest BCUT2D eigenvalue weighted by Crippen LogP contribution is 2.30. The maximum atomic E-state index is 13.5. The molecule has 0 amide bonds. The number of ketones is 1. The van der Waals surface area contributed by atoms with Gasteiger partial charge in [-0.1, -0.05) is 19.1 Å². The standard InChI is InChI=1S/C28H30F2N6O3S/c1-18(11-19-3-6-25(32-15-19)35-40(2,38)39)27(37)26-23-13-21(4-5-24(23)33-34-26)22-12-20(14-31-16-22)17-36-9-7-28(29,30)8-10-36/h3-6,12-16,18H,7-11,17H2,1-2H3,(H,32,35)(H,33,34)/t18-/m0/s1. The molecule has 210 valence electrons. The van der Waals surface area contributed by atoms with E-state index in [0.717, 1.165) is 34.0 Å². The van der Waals surface area contributed by atoms with Crippen LogP contribution in [0.5, 0.6) is 0 Å². The van der Waals surface area contributed by atoms with Gasteiger partial charge < -0.3 is 0 Å². The molecule has 4 aromatic rings. The number of nitrogens with one attached hydrogen (secondary N) is 2. The lowest BCUT2D eigenvalue weighted by Gasteiger charge is -2.31. The molecule has 1 saturated heterocycles. The number of H-pyrrole nitrogens is 1. The summed E-state index contributed by atoms with van der Waals surface area (Å²) in [6.07, 6.45) is 6.25. The van der Waals surface area contributed by atoms with Crippen molar-refractivity contribution in [2.75, 3.05) is 24.1 Å². The molecule has 0 spiro atoms. The van der Waals surface area contributed by atoms with Gasteiger partial charge in [-0.2, -0.15) is 5.10 Å². The van der Waals surface area contributed by atoms with Gasteiger partial charge in [-0.05, 0) is 47.4 Å². The lowest BCUT2D eigenvalue weighted by Crippen LogP contribution is -2.38. The Balaban J connectivity index is 1.31. The number of Topliss-reactive ketones (excluding diaryl/α,β-unsaturated/α-hetero) is 1. The van der Waals surface area contributed by atoms with Crippen molar-refractivity contribution in [2.24, 2.45) is 5.92 Å². The van der Waals surface area contributed by atoms with Gasteiger partial charge in [-0.3, -0.25) is 24.5 Å². The van der Waals surface area contributed by atoms with Gasteiger partial charge in [0, 0.05) is 67.9 Å². The van der Waals surface area contributed by atoms with Crippen LogP contribution in [0.2, 0.25) is 0 Å². The molecule has 0 unspecified atom stereocenters. The van der Waals surface area contributed by atoms with E-state index in [2.05, 4.69) is 24.9 Å². The van der Waals surface area contributed by atoms with Crippen LogP contribution in [0.15, 0.2) is 55.0 Å². The molecule has 3 aromatic heterocycles. The fourth-order valence-electron chi connectivity index (χ4n) is 4.89. The van der Waals surface area contributed by atoms with Crippen molar-refractivity contribution in [1.29, 1.82) is 0 Å². The van der Waals surface area contributed by atoms with E-state index < -0.39 is 21.9 Å². The number of benzene rings is 1. The van der Waals surface area contributed by atoms with E-state index in [1.165, 1.54) is 0 Å². The summed E-state index contributed by atoms with van der Waals surface area (Å²) in [5, 5.41) is 7.94. The second kappa shape index (κ2) is 11.0. The number of aromatic amines is 1. The average Bonchev–Trinajstić information content (AvgIpc) is 3.33. The van der Waals surface area contributed by atoms with Crippen LogP contribution in [-0.4, -0.2) is 64.5 Å². The summed E-state index contributed by atoms with van der Waals surface area (Å²) >= 11 is 0. The zero-order valence-corrected chi connectivity index (χ0v) is 23.0. The van der Waals surface area contributed by atoms with Gasteiger partial charge in [0.2, 0.25) is 10.0 Å². The number of piperidine rings is 1. The topological polar surface area (TPSA) is 121 Å². The van der Waals surface area contributed by atoms with Gasteiger partial charge in [-0.25, -0.2) is 22.2 Å². The average molecular weight is 569 g/mol. The van der Waals surface area contributed by atoms with Gasteiger partial charge in [0.15, 0.2) is 5.78 Å². The van der Waals surface area contributed by atoms with Gasteiger partial charge in [-0.15, -0.1) is 0 Å². The molecule has 1 aliphatic heterocycles. The number of sulfonamides is 1. The van der Waals surface area contributed by atoms with Gasteiger partial charge >= 0.3 is 0 Å². The SMILES string of the molecule is C[C@@H](Cc1ccc(NS(C)(=O)=O)nc1)C(=O)c1n[nH]c2ccc(-c3cncc(CN4CCC(F)(F)CC4)c3)cc12. The molecule has 5 rings (SSSR count). The molecule has 1 atom stereocenters. The Morgan fingerprint density at radius 2 is 1.85 bits per heavy atom. The van der Waals surface area contributed by atoms with Crippen molar-refractivity contribution >= 4 is 32.5 Å². The number of carbonyl (C=O) groups is 1. The van der Waals surface area contributed by atoms with Crippen molar-refractivity contribution < 1.29 is 22.0 Å². The number of carbonyl (C=O) groups excluding carboxylic acids is 1. The summed E-state index contributed by atoms with van der Waals surface area (Å²) < 4.78 is 52.1. The van der Waals surface area contributed by atoms with Crippen LogP contribution in [0, 0.1) is 5.92 Å². The number of hydrogen-bond donors (Lipinski definition) is 2. The highest BCUT2D eigenvalue weighted by Gasteiger charge is 2.33. The van der Waals surface area contributed by atoms with E-state index in [1.807, 2.05) is 36.1 Å². The molecule has 2 N–H and O–H groups in total. The lowest BCUT2D eigenvalue weighted by molar-refractivity contribution is -0.0566. The van der Waals surface area contributed by atoms with Crippen LogP contribution in [0.1, 0.15) is 41.4 Å². The molecular weight excluding hydrogens is 538 g/mol. The fraction of sp³-hybridized carbons (Fsp3) is 0.357. The first-order chi connectivity index (χ1) is 19.0. The minimum atomic E-state index is -3.42. The smallest absolute Gasteiger partial charge is 0.250 e. The summed E-state index contributed by atoms with van der Waals surface area (Å²) in [5.41, 5.74) is 4.53. The maximum Gasteiger partial charge on any atom is 0.250 e. The molecule has 0 aliphatic carbocycles. The molecule has 1 aromatic carbocycles. The third-order valence-electron chi connectivity index (χ3n) is 7.02. The zero-order valence-electron chi connectivity index (χ0n) is 22.2. The number of rotatable bonds is 9. The van der Waals surface area contributed by atoms with Crippen LogP contribution in [0.4, 0.5) is 14.6 Å². The number of fused-ring (bicyclic) bond motifs is 1. The third-order valence-corrected chi connectivity index (χ3v) is 7.60. The van der Waals surface area contributed by atoms with Crippen molar-refractivity contribution in [3.8, 4) is 11.1 Å². The number of aromatic nitrogens is 4. The highest BCUT2D eigenvalue weighted by molar-refractivity contribution is 7.92. The Hall–Kier alpha value is -3.77. The summed E-state index contributed by atoms with van der Waals surface area (Å²) in [6, 6.07) is 11.0. The number of anilines is 1. The molecular formula is C28H30F2N6O3S. The Morgan fingerprint density at radius 3 is 2.55 bits per heavy atom. The van der Waals surface area contributed by atoms with Crippen LogP contribution in [-0.2, 0) is 23.0 Å². The van der Waals surface area contributed by atoms with Gasteiger partial charge in [0.1, 0.15) is 11.5 Å². The molecule has 4 heterocycles. The normalized spacial score (nSPS) is 16.6. The zero-order chi connectivity index (χ0) is 28.5. The molecule has 0 saturated carbocycles. The predicted molar refractivity (Wildman–Crippen MR) is 149 cm³/mol. The van der Waals surface area contributed by atoms with E-state index in [0.29, 0.717) is 37.1 Å². The Morgan fingerprint density at radius 1 is 1.07 bits per heavy atom. The Kier molecular flexibility index (Phi) is 7.65. The van der Waals surface area contributed by atoms with Crippen LogP contribution < -0.4 is 4.72 Å². The number of likely N-dealkylation sites (tertiary alicyclic amines) is 1. The summed E-state index contributed by atoms with van der Waals surface area (Å²) in [6.45, 7) is 3.06. The summed E-state index contributed by atoms with van der Waals surface area (Å²) in [7, 11) is -3.42. The molecule has 9 nitrogen and oxygen atoms in total. The first-order valence-electron chi connectivity index (χ1n) is 13.0. The van der Waals surface area contributed by atoms with Crippen LogP contribution in [0.25, 0.3) is 22.0 Å². The Labute approximate surface area is 231 Å². The molecule has 1 aliphatic rings. The minimum Gasteiger partial charge on any atom is -0.299 e. The van der Waals surface area contributed by atoms with E-state index >= 15 is 0 Å². The quantitative estimate of drug-likeness (QED) is 0.281. The fourth-order valence-corrected chi connectivity index (χ4v) is 5.39. The number of nitrogens with zero attached hydrogens (tertiary/aromatic N) is 4. The second-order valence-corrected chi connectivity index (χ2v) is 12.2. The Bertz CT molecular complexity index is 1630. The predicted octanol–water partition coefficient (Wildman–Crippen LogP) is 4.68. The number of hydrogen-bond acceptors (Lipinski definition) is 7. The maximum absolute atomic E-state index is 13.5.